The lowest BCUT2D eigenvalue weighted by Gasteiger charge is -2.25. The Balaban J connectivity index is 1.82. The number of nitrogens with zero attached hydrogens (tertiary/aromatic N) is 1. The molecule has 1 saturated heterocycles. The van der Waals surface area contributed by atoms with E-state index in [2.05, 4.69) is 5.09 Å². The first-order chi connectivity index (χ1) is 17.2. The van der Waals surface area contributed by atoms with Crippen molar-refractivity contribution < 1.29 is 41.8 Å². The summed E-state index contributed by atoms with van der Waals surface area (Å²) in [6, 6.07) is 6.55. The first kappa shape index (κ1) is 29.0. The Labute approximate surface area is 214 Å². The fraction of sp³-hybridized carbons (Fsp3) is 0.476. The molecule has 12 nitrogen and oxygen atoms in total. The number of hydrogen-bond acceptors (Lipinski definition) is 9. The van der Waals surface area contributed by atoms with Gasteiger partial charge in [0.1, 0.15) is 24.0 Å². The Morgan fingerprint density at radius 3 is 2.59 bits per heavy atom. The Hall–Kier alpha value is -2.61. The quantitative estimate of drug-likeness (QED) is 0.220. The van der Waals surface area contributed by atoms with Crippen LogP contribution >= 0.6 is 19.3 Å². The molecule has 2 aromatic rings. The number of benzene rings is 1. The van der Waals surface area contributed by atoms with Crippen LogP contribution in [0, 0.1) is 5.82 Å². The number of rotatable bonds is 10. The molecule has 3 rings (SSSR count). The summed E-state index contributed by atoms with van der Waals surface area (Å²) >= 11 is 5.78. The van der Waals surface area contributed by atoms with Gasteiger partial charge in [0.2, 0.25) is 5.82 Å². The van der Waals surface area contributed by atoms with Crippen LogP contribution in [0.3, 0.4) is 0 Å². The third-order valence-electron chi connectivity index (χ3n) is 4.99. The number of carbonyl (C=O) groups is 1. The van der Waals surface area contributed by atoms with E-state index in [-0.39, 0.29) is 5.75 Å². The predicted molar refractivity (Wildman–Crippen MR) is 125 cm³/mol. The van der Waals surface area contributed by atoms with Crippen molar-refractivity contribution in [3.63, 3.8) is 0 Å². The fourth-order valence-electron chi connectivity index (χ4n) is 3.25. The maximum atomic E-state index is 15.2. The Morgan fingerprint density at radius 1 is 1.32 bits per heavy atom. The summed E-state index contributed by atoms with van der Waals surface area (Å²) < 4.78 is 63.9. The zero-order valence-electron chi connectivity index (χ0n) is 19.8. The number of aliphatic hydroxyl groups is 1. The maximum Gasteiger partial charge on any atom is 0.459 e. The first-order valence-electron chi connectivity index (χ1n) is 10.9. The summed E-state index contributed by atoms with van der Waals surface area (Å²) in [5.41, 5.74) is -2.61. The molecule has 0 saturated carbocycles. The minimum absolute atomic E-state index is 0.0842. The molecular formula is C21H25ClF2N3O9P. The van der Waals surface area contributed by atoms with Crippen molar-refractivity contribution >= 4 is 25.3 Å². The zero-order valence-corrected chi connectivity index (χ0v) is 21.4. The predicted octanol–water partition coefficient (Wildman–Crippen LogP) is 1.97. The molecule has 0 amide bonds. The number of aromatic nitrogens is 2. The van der Waals surface area contributed by atoms with E-state index < -0.39 is 73.1 Å². The Bertz CT molecular complexity index is 1270. The number of para-hydroxylation sites is 1. The molecule has 6 atom stereocenters. The van der Waals surface area contributed by atoms with E-state index in [0.29, 0.717) is 10.8 Å². The topological polar surface area (TPSA) is 158 Å². The van der Waals surface area contributed by atoms with E-state index in [1.165, 1.54) is 19.1 Å². The van der Waals surface area contributed by atoms with Crippen LogP contribution in [0.25, 0.3) is 0 Å². The third-order valence-corrected chi connectivity index (χ3v) is 7.05. The molecule has 204 valence electrons. The molecule has 1 fully saturated rings. The number of H-pyrrole nitrogens is 1. The van der Waals surface area contributed by atoms with Gasteiger partial charge in [0, 0.05) is 0 Å². The van der Waals surface area contributed by atoms with E-state index in [9.17, 15) is 28.4 Å². The number of ether oxygens (including phenoxy) is 2. The molecule has 1 aliphatic rings. The number of aliphatic hydroxyl groups excluding tert-OH is 1. The maximum absolute atomic E-state index is 15.2. The summed E-state index contributed by atoms with van der Waals surface area (Å²) in [4.78, 5) is 37.2. The van der Waals surface area contributed by atoms with E-state index in [0.717, 1.165) is 0 Å². The molecule has 1 aliphatic heterocycles. The van der Waals surface area contributed by atoms with Gasteiger partial charge in [0.15, 0.2) is 6.23 Å². The lowest BCUT2D eigenvalue weighted by Crippen LogP contribution is -2.42. The number of hydrogen-bond donors (Lipinski definition) is 3. The summed E-state index contributed by atoms with van der Waals surface area (Å²) in [5, 5.41) is 9.62. The summed E-state index contributed by atoms with van der Waals surface area (Å²) in [6.45, 7) is 3.75. The van der Waals surface area contributed by atoms with Gasteiger partial charge in [0.05, 0.1) is 18.9 Å². The molecule has 0 bridgehead atoms. The SMILES string of the molecule is CC(C)OC(=O)[C@@H](C)NP(=O)(OC[C@H]1O[C@@H](n2cc(F)c(=O)[nH]c2=O)[C@@](F)(Cl)[C@@H]1O)Oc1ccccc1. The highest BCUT2D eigenvalue weighted by Crippen LogP contribution is 2.48. The second-order valence-electron chi connectivity index (χ2n) is 8.32. The zero-order chi connectivity index (χ0) is 27.5. The van der Waals surface area contributed by atoms with Crippen LogP contribution in [0.15, 0.2) is 46.1 Å². The van der Waals surface area contributed by atoms with Crippen LogP contribution in [-0.4, -0.2) is 56.7 Å². The lowest BCUT2D eigenvalue weighted by atomic mass is 10.1. The lowest BCUT2D eigenvalue weighted by molar-refractivity contribution is -0.149. The summed E-state index contributed by atoms with van der Waals surface area (Å²) in [5.74, 6) is -2.12. The van der Waals surface area contributed by atoms with E-state index in [1.54, 1.807) is 37.0 Å². The fourth-order valence-corrected chi connectivity index (χ4v) is 5.05. The van der Waals surface area contributed by atoms with Gasteiger partial charge in [0.25, 0.3) is 10.7 Å². The highest BCUT2D eigenvalue weighted by molar-refractivity contribution is 7.52. The summed E-state index contributed by atoms with van der Waals surface area (Å²) in [6.07, 6.45) is -6.02. The van der Waals surface area contributed by atoms with Crippen molar-refractivity contribution in [2.45, 2.75) is 56.5 Å². The van der Waals surface area contributed by atoms with Gasteiger partial charge in [-0.15, -0.1) is 0 Å². The molecule has 2 heterocycles. The van der Waals surface area contributed by atoms with E-state index in [4.69, 9.17) is 30.1 Å². The minimum atomic E-state index is -4.41. The second kappa shape index (κ2) is 11.4. The van der Waals surface area contributed by atoms with Crippen molar-refractivity contribution in [1.29, 1.82) is 0 Å². The van der Waals surface area contributed by atoms with E-state index >= 15 is 4.39 Å². The standard InChI is InChI=1S/C21H25ClF2N3O9P/c1-11(2)34-18(30)12(3)26-37(32,36-13-7-5-4-6-8-13)33-10-15-16(28)21(22,24)19(35-15)27-9-14(23)17(29)25-20(27)31/h4-9,11-12,15-16,19,28H,10H2,1-3H3,(H,26,32)(H,25,29,31)/t12-,15-,16-,19-,21-,37?/m1/s1. The Morgan fingerprint density at radius 2 is 1.97 bits per heavy atom. The van der Waals surface area contributed by atoms with Crippen LogP contribution in [-0.2, 0) is 23.4 Å². The third kappa shape index (κ3) is 6.83. The molecule has 37 heavy (non-hydrogen) atoms. The average Bonchev–Trinajstić information content (AvgIpc) is 3.03. The van der Waals surface area contributed by atoms with Crippen molar-refractivity contribution in [3.05, 3.63) is 63.2 Å². The van der Waals surface area contributed by atoms with Crippen molar-refractivity contribution in [2.24, 2.45) is 0 Å². The van der Waals surface area contributed by atoms with Gasteiger partial charge in [-0.05, 0) is 32.9 Å². The van der Waals surface area contributed by atoms with Crippen molar-refractivity contribution in [2.75, 3.05) is 6.61 Å². The monoisotopic (exact) mass is 567 g/mol. The molecule has 1 aromatic heterocycles. The second-order valence-corrected chi connectivity index (χ2v) is 10.6. The highest BCUT2D eigenvalue weighted by Gasteiger charge is 2.58. The number of alkyl halides is 2. The molecule has 0 radical (unpaired) electrons. The summed E-state index contributed by atoms with van der Waals surface area (Å²) in [7, 11) is -4.41. The van der Waals surface area contributed by atoms with Gasteiger partial charge in [-0.2, -0.15) is 9.48 Å². The van der Waals surface area contributed by atoms with Gasteiger partial charge in [-0.1, -0.05) is 29.8 Å². The van der Waals surface area contributed by atoms with Crippen LogP contribution in [0.4, 0.5) is 8.78 Å². The average molecular weight is 568 g/mol. The van der Waals surface area contributed by atoms with Gasteiger partial charge >= 0.3 is 19.4 Å². The Kier molecular flexibility index (Phi) is 8.93. The molecular weight excluding hydrogens is 543 g/mol. The van der Waals surface area contributed by atoms with Crippen LogP contribution in [0.1, 0.15) is 27.0 Å². The minimum Gasteiger partial charge on any atom is -0.462 e. The molecule has 1 unspecified atom stereocenters. The van der Waals surface area contributed by atoms with Crippen molar-refractivity contribution in [1.82, 2.24) is 14.6 Å². The van der Waals surface area contributed by atoms with Gasteiger partial charge in [-0.3, -0.25) is 23.7 Å². The van der Waals surface area contributed by atoms with Gasteiger partial charge < -0.3 is 19.1 Å². The van der Waals surface area contributed by atoms with Crippen LogP contribution in [0.2, 0.25) is 0 Å². The van der Waals surface area contributed by atoms with Crippen LogP contribution in [0.5, 0.6) is 5.75 Å². The van der Waals surface area contributed by atoms with Crippen LogP contribution < -0.4 is 20.9 Å². The largest absolute Gasteiger partial charge is 0.462 e. The number of halogens is 3. The molecule has 0 spiro atoms. The first-order valence-corrected chi connectivity index (χ1v) is 12.9. The number of carbonyl (C=O) groups excluding carboxylic acids is 1. The highest BCUT2D eigenvalue weighted by atomic mass is 35.5. The smallest absolute Gasteiger partial charge is 0.459 e. The van der Waals surface area contributed by atoms with E-state index in [1.807, 2.05) is 0 Å². The molecule has 3 N–H and O–H groups in total. The van der Waals surface area contributed by atoms with Crippen molar-refractivity contribution in [3.8, 4) is 5.75 Å². The molecule has 16 heteroatoms. The number of aromatic amines is 1. The molecule has 0 aliphatic carbocycles. The molecule has 1 aromatic carbocycles. The number of nitrogens with one attached hydrogen (secondary N) is 2. The van der Waals surface area contributed by atoms with Gasteiger partial charge in [-0.25, -0.2) is 13.8 Å². The normalized spacial score (nSPS) is 26.0. The number of esters is 1.